The van der Waals surface area contributed by atoms with Crippen molar-refractivity contribution in [3.8, 4) is 0 Å². The van der Waals surface area contributed by atoms with Gasteiger partial charge in [0.2, 0.25) is 0 Å². The highest BCUT2D eigenvalue weighted by Gasteiger charge is 2.02. The number of hydrogen-bond acceptors (Lipinski definition) is 1. The summed E-state index contributed by atoms with van der Waals surface area (Å²) >= 11 is 0. The van der Waals surface area contributed by atoms with Gasteiger partial charge < -0.3 is 0 Å². The molecule has 0 aromatic heterocycles. The highest BCUT2D eigenvalue weighted by Crippen LogP contribution is 2.10. The van der Waals surface area contributed by atoms with Crippen LogP contribution in [-0.2, 0) is 11.2 Å². The Hall–Kier alpha value is -1.11. The van der Waals surface area contributed by atoms with E-state index in [4.69, 9.17) is 0 Å². The minimum Gasteiger partial charge on any atom is -0.300 e. The van der Waals surface area contributed by atoms with E-state index >= 15 is 0 Å². The number of rotatable bonds is 11. The van der Waals surface area contributed by atoms with Gasteiger partial charge in [-0.15, -0.1) is 0 Å². The molecule has 0 spiro atoms. The van der Waals surface area contributed by atoms with Crippen LogP contribution in [0.1, 0.15) is 70.3 Å². The summed E-state index contributed by atoms with van der Waals surface area (Å²) in [5, 5.41) is 0. The van der Waals surface area contributed by atoms with Gasteiger partial charge in [-0.2, -0.15) is 0 Å². The molecule has 0 fully saturated rings. The fourth-order valence-corrected chi connectivity index (χ4v) is 2.36. The van der Waals surface area contributed by atoms with Crippen molar-refractivity contribution >= 4 is 5.78 Å². The van der Waals surface area contributed by atoms with Crippen LogP contribution in [-0.4, -0.2) is 5.78 Å². The maximum atomic E-state index is 11.7. The number of unbranched alkanes of at least 4 members (excludes halogenated alkanes) is 5. The summed E-state index contributed by atoms with van der Waals surface area (Å²) < 4.78 is 0. The van der Waals surface area contributed by atoms with E-state index in [2.05, 4.69) is 31.2 Å². The Morgan fingerprint density at radius 1 is 0.842 bits per heavy atom. The van der Waals surface area contributed by atoms with E-state index in [9.17, 15) is 4.79 Å². The molecule has 0 saturated heterocycles. The maximum absolute atomic E-state index is 11.7. The molecule has 19 heavy (non-hydrogen) atoms. The van der Waals surface area contributed by atoms with Crippen LogP contribution in [0.3, 0.4) is 0 Å². The quantitative estimate of drug-likeness (QED) is 0.491. The number of aryl methyl sites for hydroxylation is 1. The predicted molar refractivity (Wildman–Crippen MR) is 82.4 cm³/mol. The third-order valence-corrected chi connectivity index (χ3v) is 3.57. The first kappa shape index (κ1) is 15.9. The van der Waals surface area contributed by atoms with Crippen molar-refractivity contribution < 1.29 is 4.79 Å². The molecule has 0 aliphatic heterocycles. The highest BCUT2D eigenvalue weighted by atomic mass is 16.1. The number of hydrogen-bond donors (Lipinski definition) is 0. The largest absolute Gasteiger partial charge is 0.300 e. The lowest BCUT2D eigenvalue weighted by molar-refractivity contribution is -0.119. The van der Waals surface area contributed by atoms with E-state index in [0.717, 1.165) is 32.1 Å². The van der Waals surface area contributed by atoms with Crippen molar-refractivity contribution in [1.29, 1.82) is 0 Å². The van der Waals surface area contributed by atoms with Gasteiger partial charge in [0.1, 0.15) is 5.78 Å². The first-order valence-corrected chi connectivity index (χ1v) is 7.88. The second-order valence-corrected chi connectivity index (χ2v) is 5.40. The van der Waals surface area contributed by atoms with Crippen LogP contribution in [0.15, 0.2) is 30.3 Å². The van der Waals surface area contributed by atoms with Gasteiger partial charge in [-0.1, -0.05) is 69.4 Å². The summed E-state index contributed by atoms with van der Waals surface area (Å²) in [6, 6.07) is 10.4. The zero-order valence-corrected chi connectivity index (χ0v) is 12.4. The minimum atomic E-state index is 0.450. The zero-order valence-electron chi connectivity index (χ0n) is 12.4. The highest BCUT2D eigenvalue weighted by molar-refractivity contribution is 5.78. The third-order valence-electron chi connectivity index (χ3n) is 3.57. The van der Waals surface area contributed by atoms with Gasteiger partial charge >= 0.3 is 0 Å². The van der Waals surface area contributed by atoms with Gasteiger partial charge in [0.05, 0.1) is 0 Å². The molecule has 1 aromatic rings. The molecule has 0 unspecified atom stereocenters. The van der Waals surface area contributed by atoms with Crippen molar-refractivity contribution in [2.45, 2.75) is 71.1 Å². The lowest BCUT2D eigenvalue weighted by atomic mass is 10.0. The lowest BCUT2D eigenvalue weighted by Gasteiger charge is -2.02. The molecular formula is C18H28O. The van der Waals surface area contributed by atoms with Crippen LogP contribution < -0.4 is 0 Å². The average Bonchev–Trinajstić information content (AvgIpc) is 2.44. The van der Waals surface area contributed by atoms with Crippen LogP contribution in [0.4, 0.5) is 0 Å². The van der Waals surface area contributed by atoms with E-state index in [0.29, 0.717) is 5.78 Å². The van der Waals surface area contributed by atoms with Crippen LogP contribution in [0.5, 0.6) is 0 Å². The summed E-state index contributed by atoms with van der Waals surface area (Å²) in [6.07, 6.45) is 11.2. The molecule has 0 saturated carbocycles. The van der Waals surface area contributed by atoms with E-state index in [1.165, 1.54) is 37.7 Å². The van der Waals surface area contributed by atoms with Gasteiger partial charge in [-0.05, 0) is 24.8 Å². The Kier molecular flexibility index (Phi) is 9.05. The molecule has 0 heterocycles. The molecule has 0 atom stereocenters. The molecule has 0 N–H and O–H groups in total. The Labute approximate surface area is 118 Å². The van der Waals surface area contributed by atoms with Crippen molar-refractivity contribution in [3.63, 3.8) is 0 Å². The van der Waals surface area contributed by atoms with Gasteiger partial charge in [0.15, 0.2) is 0 Å². The Morgan fingerprint density at radius 3 is 2.21 bits per heavy atom. The minimum absolute atomic E-state index is 0.450. The topological polar surface area (TPSA) is 17.1 Å². The van der Waals surface area contributed by atoms with Crippen molar-refractivity contribution in [1.82, 2.24) is 0 Å². The lowest BCUT2D eigenvalue weighted by Crippen LogP contribution is -1.99. The van der Waals surface area contributed by atoms with Gasteiger partial charge in [-0.3, -0.25) is 4.79 Å². The summed E-state index contributed by atoms with van der Waals surface area (Å²) in [6.45, 7) is 2.23. The molecule has 0 amide bonds. The van der Waals surface area contributed by atoms with Gasteiger partial charge in [0.25, 0.3) is 0 Å². The number of benzene rings is 1. The number of carbonyl (C=O) groups excluding carboxylic acids is 1. The van der Waals surface area contributed by atoms with Crippen molar-refractivity contribution in [2.75, 3.05) is 0 Å². The van der Waals surface area contributed by atoms with Crippen LogP contribution in [0.25, 0.3) is 0 Å². The molecule has 106 valence electrons. The molecule has 1 nitrogen and oxygen atoms in total. The summed E-state index contributed by atoms with van der Waals surface area (Å²) in [4.78, 5) is 11.7. The normalized spacial score (nSPS) is 10.6. The monoisotopic (exact) mass is 260 g/mol. The molecule has 1 aromatic carbocycles. The summed E-state index contributed by atoms with van der Waals surface area (Å²) in [7, 11) is 0. The Balaban J connectivity index is 1.96. The molecule has 1 rings (SSSR count). The molecule has 0 radical (unpaired) electrons. The summed E-state index contributed by atoms with van der Waals surface area (Å²) in [5.74, 6) is 0.450. The van der Waals surface area contributed by atoms with Gasteiger partial charge in [-0.25, -0.2) is 0 Å². The first-order valence-electron chi connectivity index (χ1n) is 7.88. The van der Waals surface area contributed by atoms with E-state index in [-0.39, 0.29) is 0 Å². The molecule has 0 bridgehead atoms. The van der Waals surface area contributed by atoms with E-state index in [1.807, 2.05) is 6.07 Å². The Morgan fingerprint density at radius 2 is 1.47 bits per heavy atom. The molecular weight excluding hydrogens is 232 g/mol. The second kappa shape index (κ2) is 10.8. The molecule has 0 aliphatic rings. The van der Waals surface area contributed by atoms with Crippen LogP contribution in [0, 0.1) is 0 Å². The van der Waals surface area contributed by atoms with Crippen molar-refractivity contribution in [2.24, 2.45) is 0 Å². The fourth-order valence-electron chi connectivity index (χ4n) is 2.36. The molecule has 0 aliphatic carbocycles. The Bertz CT molecular complexity index is 329. The smallest absolute Gasteiger partial charge is 0.132 e. The fraction of sp³-hybridized carbons (Fsp3) is 0.611. The number of carbonyl (C=O) groups is 1. The maximum Gasteiger partial charge on any atom is 0.132 e. The average molecular weight is 260 g/mol. The summed E-state index contributed by atoms with van der Waals surface area (Å²) in [5.41, 5.74) is 1.34. The van der Waals surface area contributed by atoms with Crippen molar-refractivity contribution in [3.05, 3.63) is 35.9 Å². The van der Waals surface area contributed by atoms with Gasteiger partial charge in [0, 0.05) is 12.8 Å². The first-order chi connectivity index (χ1) is 9.33. The van der Waals surface area contributed by atoms with E-state index in [1.54, 1.807) is 0 Å². The zero-order chi connectivity index (χ0) is 13.8. The number of Topliss-reactive ketones (excluding diaryl/α,β-unsaturated/α-hetero) is 1. The number of ketones is 1. The third kappa shape index (κ3) is 8.58. The molecule has 1 heteroatoms. The SMILES string of the molecule is CCCCCCCCC(=O)CCCc1ccccc1. The standard InChI is InChI=1S/C18H28O/c1-2-3-4-5-6-10-15-18(19)16-11-14-17-12-8-7-9-13-17/h7-9,12-13H,2-6,10-11,14-16H2,1H3. The van der Waals surface area contributed by atoms with Crippen LogP contribution in [0.2, 0.25) is 0 Å². The predicted octanol–water partition coefficient (Wildman–Crippen LogP) is 5.33. The second-order valence-electron chi connectivity index (χ2n) is 5.40. The van der Waals surface area contributed by atoms with E-state index < -0.39 is 0 Å². The van der Waals surface area contributed by atoms with Crippen LogP contribution >= 0.6 is 0 Å².